The zero-order valence-electron chi connectivity index (χ0n) is 13.8. The molecule has 1 saturated heterocycles. The first-order chi connectivity index (χ1) is 11.0. The molecule has 0 unspecified atom stereocenters. The van der Waals surface area contributed by atoms with Gasteiger partial charge in [-0.2, -0.15) is 0 Å². The van der Waals surface area contributed by atoms with Crippen LogP contribution in [0.1, 0.15) is 19.3 Å². The molecule has 0 amide bonds. The molecule has 0 saturated carbocycles. The van der Waals surface area contributed by atoms with Gasteiger partial charge in [-0.15, -0.1) is 11.3 Å². The molecule has 1 fully saturated rings. The number of nitrogens with one attached hydrogen (secondary N) is 2. The first kappa shape index (κ1) is 18.1. The molecule has 0 aliphatic carbocycles. The van der Waals surface area contributed by atoms with E-state index in [1.54, 1.807) is 18.4 Å². The molecule has 1 aromatic rings. The van der Waals surface area contributed by atoms with Gasteiger partial charge in [0.2, 0.25) is 0 Å². The molecular formula is C15H26N4O2S2. The van der Waals surface area contributed by atoms with Crippen LogP contribution in [0.5, 0.6) is 0 Å². The molecule has 6 nitrogen and oxygen atoms in total. The molecule has 1 aliphatic heterocycles. The maximum absolute atomic E-state index is 11.1. The molecule has 0 aromatic carbocycles. The number of piperidine rings is 1. The van der Waals surface area contributed by atoms with Crippen LogP contribution >= 0.6 is 11.3 Å². The fourth-order valence-electron chi connectivity index (χ4n) is 2.62. The van der Waals surface area contributed by atoms with E-state index in [0.29, 0.717) is 19.0 Å². The van der Waals surface area contributed by atoms with E-state index in [0.717, 1.165) is 31.9 Å². The first-order valence-electron chi connectivity index (χ1n) is 7.91. The largest absolute Gasteiger partial charge is 0.363 e. The average molecular weight is 359 g/mol. The van der Waals surface area contributed by atoms with Crippen molar-refractivity contribution >= 4 is 32.1 Å². The van der Waals surface area contributed by atoms with Gasteiger partial charge in [-0.1, -0.05) is 0 Å². The highest BCUT2D eigenvalue weighted by Crippen LogP contribution is 2.24. The molecule has 23 heavy (non-hydrogen) atoms. The van der Waals surface area contributed by atoms with Crippen LogP contribution in [-0.2, 0) is 9.84 Å². The smallest absolute Gasteiger partial charge is 0.191 e. The summed E-state index contributed by atoms with van der Waals surface area (Å²) >= 11 is 1.78. The maximum Gasteiger partial charge on any atom is 0.191 e. The van der Waals surface area contributed by atoms with Crippen molar-refractivity contribution in [3.05, 3.63) is 17.5 Å². The molecule has 0 bridgehead atoms. The van der Waals surface area contributed by atoms with Crippen molar-refractivity contribution in [3.8, 4) is 0 Å². The predicted octanol–water partition coefficient (Wildman–Crippen LogP) is 1.32. The van der Waals surface area contributed by atoms with Gasteiger partial charge in [0.05, 0.1) is 10.8 Å². The summed E-state index contributed by atoms with van der Waals surface area (Å²) in [5.41, 5.74) is 0. The maximum atomic E-state index is 11.1. The summed E-state index contributed by atoms with van der Waals surface area (Å²) < 4.78 is 22.2. The van der Waals surface area contributed by atoms with E-state index in [9.17, 15) is 8.42 Å². The summed E-state index contributed by atoms with van der Waals surface area (Å²) in [4.78, 5) is 6.64. The molecule has 2 N–H and O–H groups in total. The molecule has 0 atom stereocenters. The lowest BCUT2D eigenvalue weighted by Crippen LogP contribution is -2.48. The summed E-state index contributed by atoms with van der Waals surface area (Å²) in [6, 6.07) is 4.67. The van der Waals surface area contributed by atoms with Crippen molar-refractivity contribution in [2.24, 2.45) is 4.99 Å². The predicted molar refractivity (Wildman–Crippen MR) is 98.4 cm³/mol. The standard InChI is InChI=1S/C15H26N4O2S2/c1-16-15(17-8-4-12-23(2,20)21)18-13-6-9-19(10-7-13)14-5-3-11-22-14/h3,5,11,13H,4,6-10,12H2,1-2H3,(H2,16,17,18). The van der Waals surface area contributed by atoms with Crippen LogP contribution in [0, 0.1) is 0 Å². The van der Waals surface area contributed by atoms with Gasteiger partial charge in [-0.25, -0.2) is 8.42 Å². The molecule has 2 heterocycles. The van der Waals surface area contributed by atoms with E-state index in [2.05, 4.69) is 38.0 Å². The third-order valence-electron chi connectivity index (χ3n) is 3.86. The van der Waals surface area contributed by atoms with Crippen molar-refractivity contribution in [1.82, 2.24) is 10.6 Å². The molecule has 1 aromatic heterocycles. The van der Waals surface area contributed by atoms with Crippen molar-refractivity contribution in [2.75, 3.05) is 43.6 Å². The van der Waals surface area contributed by atoms with Crippen molar-refractivity contribution < 1.29 is 8.42 Å². The van der Waals surface area contributed by atoms with Gasteiger partial charge in [-0.3, -0.25) is 4.99 Å². The second-order valence-electron chi connectivity index (χ2n) is 5.84. The van der Waals surface area contributed by atoms with Gasteiger partial charge in [0.15, 0.2) is 5.96 Å². The second kappa shape index (κ2) is 8.54. The van der Waals surface area contributed by atoms with Crippen LogP contribution in [0.2, 0.25) is 0 Å². The minimum atomic E-state index is -2.89. The summed E-state index contributed by atoms with van der Waals surface area (Å²) in [5, 5.41) is 10.1. The number of aliphatic imine (C=N–C) groups is 1. The van der Waals surface area contributed by atoms with Gasteiger partial charge >= 0.3 is 0 Å². The highest BCUT2D eigenvalue weighted by atomic mass is 32.2. The Kier molecular flexibility index (Phi) is 6.71. The number of thiophene rings is 1. The molecule has 8 heteroatoms. The Labute approximate surface area is 142 Å². The lowest BCUT2D eigenvalue weighted by atomic mass is 10.1. The van der Waals surface area contributed by atoms with Gasteiger partial charge in [0.25, 0.3) is 0 Å². The molecular weight excluding hydrogens is 332 g/mol. The van der Waals surface area contributed by atoms with E-state index >= 15 is 0 Å². The number of anilines is 1. The fraction of sp³-hybridized carbons (Fsp3) is 0.667. The van der Waals surface area contributed by atoms with E-state index in [4.69, 9.17) is 0 Å². The monoisotopic (exact) mass is 358 g/mol. The number of guanidine groups is 1. The zero-order chi connectivity index (χ0) is 16.7. The number of hydrogen-bond acceptors (Lipinski definition) is 5. The molecule has 1 aliphatic rings. The van der Waals surface area contributed by atoms with E-state index in [1.165, 1.54) is 11.3 Å². The molecule has 0 radical (unpaired) electrons. The van der Waals surface area contributed by atoms with Gasteiger partial charge in [0.1, 0.15) is 9.84 Å². The lowest BCUT2D eigenvalue weighted by molar-refractivity contribution is 0.463. The minimum absolute atomic E-state index is 0.205. The minimum Gasteiger partial charge on any atom is -0.363 e. The van der Waals surface area contributed by atoms with E-state index in [1.807, 2.05) is 0 Å². The Balaban J connectivity index is 1.69. The number of rotatable bonds is 6. The Morgan fingerprint density at radius 2 is 2.17 bits per heavy atom. The third-order valence-corrected chi connectivity index (χ3v) is 5.82. The number of sulfone groups is 1. The highest BCUT2D eigenvalue weighted by Gasteiger charge is 2.20. The quantitative estimate of drug-likeness (QED) is 0.456. The van der Waals surface area contributed by atoms with Gasteiger partial charge < -0.3 is 15.5 Å². The highest BCUT2D eigenvalue weighted by molar-refractivity contribution is 7.90. The second-order valence-corrected chi connectivity index (χ2v) is 9.03. The molecule has 0 spiro atoms. The van der Waals surface area contributed by atoms with Crippen LogP contribution in [0.25, 0.3) is 0 Å². The van der Waals surface area contributed by atoms with E-state index in [-0.39, 0.29) is 5.75 Å². The van der Waals surface area contributed by atoms with Crippen LogP contribution in [0.15, 0.2) is 22.5 Å². The van der Waals surface area contributed by atoms with Gasteiger partial charge in [-0.05, 0) is 36.8 Å². The van der Waals surface area contributed by atoms with Crippen molar-refractivity contribution in [1.29, 1.82) is 0 Å². The fourth-order valence-corrected chi connectivity index (χ4v) is 4.08. The Bertz CT molecular complexity index is 591. The summed E-state index contributed by atoms with van der Waals surface area (Å²) in [6.45, 7) is 2.70. The Morgan fingerprint density at radius 3 is 2.74 bits per heavy atom. The normalized spacial score (nSPS) is 17.3. The van der Waals surface area contributed by atoms with E-state index < -0.39 is 9.84 Å². The number of nitrogens with zero attached hydrogens (tertiary/aromatic N) is 2. The molecule has 2 rings (SSSR count). The lowest BCUT2D eigenvalue weighted by Gasteiger charge is -2.33. The van der Waals surface area contributed by atoms with Crippen molar-refractivity contribution in [2.45, 2.75) is 25.3 Å². The Hall–Kier alpha value is -1.28. The molecule has 130 valence electrons. The first-order valence-corrected chi connectivity index (χ1v) is 10.9. The van der Waals surface area contributed by atoms with Crippen LogP contribution < -0.4 is 15.5 Å². The zero-order valence-corrected chi connectivity index (χ0v) is 15.4. The van der Waals surface area contributed by atoms with Crippen molar-refractivity contribution in [3.63, 3.8) is 0 Å². The Morgan fingerprint density at radius 1 is 1.43 bits per heavy atom. The third kappa shape index (κ3) is 6.39. The van der Waals surface area contributed by atoms with Gasteiger partial charge in [0, 0.05) is 39.0 Å². The summed E-state index contributed by atoms with van der Waals surface area (Å²) in [7, 11) is -1.15. The topological polar surface area (TPSA) is 73.8 Å². The van der Waals surface area contributed by atoms with Crippen LogP contribution in [0.3, 0.4) is 0 Å². The van der Waals surface area contributed by atoms with Crippen LogP contribution in [-0.4, -0.2) is 59.1 Å². The van der Waals surface area contributed by atoms with Crippen LogP contribution in [0.4, 0.5) is 5.00 Å². The SMILES string of the molecule is CN=C(NCCCS(C)(=O)=O)NC1CCN(c2cccs2)CC1. The summed E-state index contributed by atoms with van der Waals surface area (Å²) in [6.07, 6.45) is 4.00. The number of hydrogen-bond donors (Lipinski definition) is 2. The summed E-state index contributed by atoms with van der Waals surface area (Å²) in [5.74, 6) is 0.962. The average Bonchev–Trinajstić information content (AvgIpc) is 3.04.